The van der Waals surface area contributed by atoms with Gasteiger partial charge < -0.3 is 5.73 Å². The predicted molar refractivity (Wildman–Crippen MR) is 63.0 cm³/mol. The second-order valence-electron chi connectivity index (χ2n) is 4.22. The van der Waals surface area contributed by atoms with Crippen molar-refractivity contribution in [3.05, 3.63) is 17.5 Å². The molecule has 0 aliphatic carbocycles. The highest BCUT2D eigenvalue weighted by atomic mass is 19.4. The standard InChI is InChI=1S/C11H19F3N4/c1-3-9-6-10(17(2)16-9)7-18(5-4-15)8-11(12,13)14/h6H,3-5,7-8,15H2,1-2H3. The van der Waals surface area contributed by atoms with E-state index in [0.29, 0.717) is 0 Å². The van der Waals surface area contributed by atoms with Gasteiger partial charge in [-0.3, -0.25) is 9.58 Å². The molecule has 1 aromatic rings. The number of hydrogen-bond acceptors (Lipinski definition) is 3. The van der Waals surface area contributed by atoms with E-state index in [1.54, 1.807) is 11.7 Å². The summed E-state index contributed by atoms with van der Waals surface area (Å²) in [6, 6.07) is 1.83. The van der Waals surface area contributed by atoms with E-state index in [4.69, 9.17) is 5.73 Å². The van der Waals surface area contributed by atoms with Crippen LogP contribution >= 0.6 is 0 Å². The number of aromatic nitrogens is 2. The normalized spacial score (nSPS) is 12.4. The quantitative estimate of drug-likeness (QED) is 0.842. The van der Waals surface area contributed by atoms with Gasteiger partial charge in [-0.1, -0.05) is 6.92 Å². The van der Waals surface area contributed by atoms with Crippen LogP contribution in [0.25, 0.3) is 0 Å². The number of nitrogens with two attached hydrogens (primary N) is 1. The SMILES string of the molecule is CCc1cc(CN(CCN)CC(F)(F)F)n(C)n1. The molecule has 0 aliphatic rings. The van der Waals surface area contributed by atoms with Crippen LogP contribution in [0.4, 0.5) is 13.2 Å². The third kappa shape index (κ3) is 4.66. The van der Waals surface area contributed by atoms with Crippen LogP contribution in [-0.4, -0.2) is 40.5 Å². The lowest BCUT2D eigenvalue weighted by molar-refractivity contribution is -0.147. The molecule has 0 bridgehead atoms. The van der Waals surface area contributed by atoms with Crippen molar-refractivity contribution in [2.75, 3.05) is 19.6 Å². The molecule has 1 aromatic heterocycles. The Bertz CT molecular complexity index is 373. The molecule has 104 valence electrons. The molecule has 0 saturated carbocycles. The minimum Gasteiger partial charge on any atom is -0.329 e. The molecule has 7 heteroatoms. The molecule has 0 fully saturated rings. The first kappa shape index (κ1) is 15.0. The maximum Gasteiger partial charge on any atom is 0.401 e. The fourth-order valence-corrected chi connectivity index (χ4v) is 1.77. The molecule has 0 aliphatic heterocycles. The van der Waals surface area contributed by atoms with Crippen molar-refractivity contribution >= 4 is 0 Å². The highest BCUT2D eigenvalue weighted by Crippen LogP contribution is 2.18. The first-order valence-electron chi connectivity index (χ1n) is 5.86. The lowest BCUT2D eigenvalue weighted by Crippen LogP contribution is -2.37. The number of halogens is 3. The van der Waals surface area contributed by atoms with Gasteiger partial charge in [0.05, 0.1) is 17.9 Å². The monoisotopic (exact) mass is 264 g/mol. The Kier molecular flexibility index (Phi) is 5.15. The maximum absolute atomic E-state index is 12.4. The highest BCUT2D eigenvalue weighted by Gasteiger charge is 2.30. The molecule has 18 heavy (non-hydrogen) atoms. The van der Waals surface area contributed by atoms with Crippen LogP contribution in [0.1, 0.15) is 18.3 Å². The molecule has 0 radical (unpaired) electrons. The summed E-state index contributed by atoms with van der Waals surface area (Å²) < 4.78 is 38.8. The number of rotatable bonds is 6. The average Bonchev–Trinajstić information content (AvgIpc) is 2.58. The van der Waals surface area contributed by atoms with Gasteiger partial charge in [-0.15, -0.1) is 0 Å². The molecule has 1 heterocycles. The summed E-state index contributed by atoms with van der Waals surface area (Å²) >= 11 is 0. The van der Waals surface area contributed by atoms with Gasteiger partial charge in [-0.05, 0) is 12.5 Å². The van der Waals surface area contributed by atoms with E-state index < -0.39 is 12.7 Å². The molecule has 2 N–H and O–H groups in total. The molecule has 0 unspecified atom stereocenters. The summed E-state index contributed by atoms with van der Waals surface area (Å²) in [4.78, 5) is 1.29. The zero-order valence-corrected chi connectivity index (χ0v) is 10.7. The lowest BCUT2D eigenvalue weighted by Gasteiger charge is -2.22. The van der Waals surface area contributed by atoms with Crippen LogP contribution in [0.15, 0.2) is 6.07 Å². The van der Waals surface area contributed by atoms with Crippen molar-refractivity contribution in [3.63, 3.8) is 0 Å². The van der Waals surface area contributed by atoms with Crippen LogP contribution in [0, 0.1) is 0 Å². The van der Waals surface area contributed by atoms with E-state index in [0.717, 1.165) is 17.8 Å². The largest absolute Gasteiger partial charge is 0.401 e. The van der Waals surface area contributed by atoms with E-state index in [1.165, 1.54) is 4.90 Å². The number of alkyl halides is 3. The van der Waals surface area contributed by atoms with E-state index >= 15 is 0 Å². The van der Waals surface area contributed by atoms with E-state index in [-0.39, 0.29) is 19.6 Å². The summed E-state index contributed by atoms with van der Waals surface area (Å²) in [7, 11) is 1.74. The van der Waals surface area contributed by atoms with Crippen molar-refractivity contribution in [3.8, 4) is 0 Å². The topological polar surface area (TPSA) is 47.1 Å². The first-order chi connectivity index (χ1) is 8.35. The van der Waals surface area contributed by atoms with E-state index in [1.807, 2.05) is 13.0 Å². The van der Waals surface area contributed by atoms with E-state index in [9.17, 15) is 13.2 Å². The van der Waals surface area contributed by atoms with Gasteiger partial charge >= 0.3 is 6.18 Å². The first-order valence-corrected chi connectivity index (χ1v) is 5.86. The Morgan fingerprint density at radius 1 is 1.44 bits per heavy atom. The Morgan fingerprint density at radius 3 is 2.56 bits per heavy atom. The van der Waals surface area contributed by atoms with Crippen LogP contribution in [0.2, 0.25) is 0 Å². The van der Waals surface area contributed by atoms with Crippen LogP contribution in [-0.2, 0) is 20.0 Å². The third-order valence-electron chi connectivity index (χ3n) is 2.62. The van der Waals surface area contributed by atoms with Crippen molar-refractivity contribution in [1.29, 1.82) is 0 Å². The van der Waals surface area contributed by atoms with Gasteiger partial charge in [-0.2, -0.15) is 18.3 Å². The average molecular weight is 264 g/mol. The zero-order chi connectivity index (χ0) is 13.8. The Balaban J connectivity index is 2.72. The van der Waals surface area contributed by atoms with Gasteiger partial charge in [-0.25, -0.2) is 0 Å². The molecular weight excluding hydrogens is 245 g/mol. The van der Waals surface area contributed by atoms with Gasteiger partial charge in [0.2, 0.25) is 0 Å². The Hall–Kier alpha value is -1.08. The van der Waals surface area contributed by atoms with Crippen molar-refractivity contribution < 1.29 is 13.2 Å². The van der Waals surface area contributed by atoms with Crippen molar-refractivity contribution in [1.82, 2.24) is 14.7 Å². The van der Waals surface area contributed by atoms with Crippen molar-refractivity contribution in [2.45, 2.75) is 26.1 Å². The Morgan fingerprint density at radius 2 is 2.11 bits per heavy atom. The summed E-state index contributed by atoms with van der Waals surface area (Å²) in [6.45, 7) is 1.64. The molecule has 0 saturated heterocycles. The molecule has 0 atom stereocenters. The number of nitrogens with zero attached hydrogens (tertiary/aromatic N) is 3. The molecule has 0 aromatic carbocycles. The minimum atomic E-state index is -4.21. The van der Waals surface area contributed by atoms with Gasteiger partial charge in [0.1, 0.15) is 0 Å². The number of aryl methyl sites for hydroxylation is 2. The van der Waals surface area contributed by atoms with Gasteiger partial charge in [0.15, 0.2) is 0 Å². The Labute approximate surface area is 105 Å². The second kappa shape index (κ2) is 6.19. The summed E-state index contributed by atoms with van der Waals surface area (Å²) in [6.07, 6.45) is -3.44. The van der Waals surface area contributed by atoms with Crippen LogP contribution in [0.5, 0.6) is 0 Å². The van der Waals surface area contributed by atoms with Crippen LogP contribution in [0.3, 0.4) is 0 Å². The minimum absolute atomic E-state index is 0.203. The summed E-state index contributed by atoms with van der Waals surface area (Å²) in [5, 5.41) is 4.22. The fraction of sp³-hybridized carbons (Fsp3) is 0.727. The number of hydrogen-bond donors (Lipinski definition) is 1. The molecule has 0 spiro atoms. The van der Waals surface area contributed by atoms with E-state index in [2.05, 4.69) is 5.10 Å². The highest BCUT2D eigenvalue weighted by molar-refractivity contribution is 5.10. The summed E-state index contributed by atoms with van der Waals surface area (Å²) in [5.41, 5.74) is 6.99. The molecule has 4 nitrogen and oxygen atoms in total. The van der Waals surface area contributed by atoms with Crippen molar-refractivity contribution in [2.24, 2.45) is 12.8 Å². The smallest absolute Gasteiger partial charge is 0.329 e. The fourth-order valence-electron chi connectivity index (χ4n) is 1.77. The van der Waals surface area contributed by atoms with Crippen LogP contribution < -0.4 is 5.73 Å². The zero-order valence-electron chi connectivity index (χ0n) is 10.7. The molecular formula is C11H19F3N4. The lowest BCUT2D eigenvalue weighted by atomic mass is 10.3. The maximum atomic E-state index is 12.4. The molecule has 1 rings (SSSR count). The molecule has 0 amide bonds. The van der Waals surface area contributed by atoms with Gasteiger partial charge in [0.25, 0.3) is 0 Å². The second-order valence-corrected chi connectivity index (χ2v) is 4.22. The summed E-state index contributed by atoms with van der Waals surface area (Å²) in [5.74, 6) is 0. The van der Waals surface area contributed by atoms with Gasteiger partial charge in [0, 0.05) is 26.7 Å². The third-order valence-corrected chi connectivity index (χ3v) is 2.62. The predicted octanol–water partition coefficient (Wildman–Crippen LogP) is 1.31.